The molecule has 2 aromatic rings. The Morgan fingerprint density at radius 1 is 1.40 bits per heavy atom. The lowest BCUT2D eigenvalue weighted by molar-refractivity contribution is 0.0696. The van der Waals surface area contributed by atoms with Crippen LogP contribution in [0, 0.1) is 0 Å². The number of carbonyl (C=O) groups is 1. The van der Waals surface area contributed by atoms with Crippen molar-refractivity contribution in [3.05, 3.63) is 52.2 Å². The second-order valence-corrected chi connectivity index (χ2v) is 5.14. The molecular weight excluding hydrogens is 276 g/mol. The molecule has 2 N–H and O–H groups in total. The maximum Gasteiger partial charge on any atom is 0.337 e. The van der Waals surface area contributed by atoms with Crippen LogP contribution in [-0.4, -0.2) is 22.6 Å². The molecule has 0 aliphatic carbocycles. The van der Waals surface area contributed by atoms with Gasteiger partial charge in [0.2, 0.25) is 0 Å². The first-order chi connectivity index (χ1) is 9.66. The third-order valence-electron chi connectivity index (χ3n) is 3.48. The standard InChI is InChI=1S/C15H13ClN2O2/c16-13-6-10(15(19)20)8-18-14(13)12-3-1-2-9-7-17-5-4-11(9)12/h1-3,6,8,17H,4-5,7H2,(H,19,20). The lowest BCUT2D eigenvalue weighted by Gasteiger charge is -2.20. The van der Waals surface area contributed by atoms with Gasteiger partial charge in [-0.1, -0.05) is 29.8 Å². The van der Waals surface area contributed by atoms with Crippen molar-refractivity contribution < 1.29 is 9.90 Å². The molecule has 0 unspecified atom stereocenters. The number of fused-ring (bicyclic) bond motifs is 1. The smallest absolute Gasteiger partial charge is 0.337 e. The highest BCUT2D eigenvalue weighted by molar-refractivity contribution is 6.33. The normalized spacial score (nSPS) is 13.8. The zero-order valence-corrected chi connectivity index (χ0v) is 11.4. The van der Waals surface area contributed by atoms with Crippen LogP contribution in [0.4, 0.5) is 0 Å². The topological polar surface area (TPSA) is 62.2 Å². The molecule has 102 valence electrons. The third kappa shape index (κ3) is 2.28. The van der Waals surface area contributed by atoms with E-state index in [9.17, 15) is 4.79 Å². The van der Waals surface area contributed by atoms with E-state index in [2.05, 4.69) is 16.4 Å². The molecule has 1 aliphatic heterocycles. The summed E-state index contributed by atoms with van der Waals surface area (Å²) in [5.74, 6) is -1.02. The van der Waals surface area contributed by atoms with Crippen LogP contribution in [0.5, 0.6) is 0 Å². The van der Waals surface area contributed by atoms with Crippen molar-refractivity contribution in [2.75, 3.05) is 6.54 Å². The summed E-state index contributed by atoms with van der Waals surface area (Å²) in [4.78, 5) is 15.2. The first-order valence-corrected chi connectivity index (χ1v) is 6.75. The van der Waals surface area contributed by atoms with Crippen LogP contribution in [0.25, 0.3) is 11.3 Å². The zero-order valence-electron chi connectivity index (χ0n) is 10.7. The lowest BCUT2D eigenvalue weighted by atomic mass is 9.93. The second kappa shape index (κ2) is 5.23. The fourth-order valence-corrected chi connectivity index (χ4v) is 2.78. The fourth-order valence-electron chi connectivity index (χ4n) is 2.51. The van der Waals surface area contributed by atoms with Gasteiger partial charge in [-0.25, -0.2) is 4.79 Å². The summed E-state index contributed by atoms with van der Waals surface area (Å²) in [6.07, 6.45) is 2.27. The summed E-state index contributed by atoms with van der Waals surface area (Å²) in [5, 5.41) is 12.7. The summed E-state index contributed by atoms with van der Waals surface area (Å²) >= 11 is 6.21. The van der Waals surface area contributed by atoms with Crippen molar-refractivity contribution >= 4 is 17.6 Å². The molecule has 0 saturated carbocycles. The fraction of sp³-hybridized carbons (Fsp3) is 0.200. The Bertz CT molecular complexity index is 686. The van der Waals surface area contributed by atoms with E-state index >= 15 is 0 Å². The SMILES string of the molecule is O=C(O)c1cnc(-c2cccc3c2CCNC3)c(Cl)c1. The van der Waals surface area contributed by atoms with Gasteiger partial charge in [0.05, 0.1) is 16.3 Å². The summed E-state index contributed by atoms with van der Waals surface area (Å²) < 4.78 is 0. The number of hydrogen-bond donors (Lipinski definition) is 2. The van der Waals surface area contributed by atoms with Crippen LogP contribution in [0.2, 0.25) is 5.02 Å². The summed E-state index contributed by atoms with van der Waals surface area (Å²) in [6, 6.07) is 7.50. The molecule has 0 fully saturated rings. The van der Waals surface area contributed by atoms with E-state index in [1.165, 1.54) is 23.4 Å². The predicted octanol–water partition coefficient (Wildman–Crippen LogP) is 2.75. The Labute approximate surface area is 121 Å². The Balaban J connectivity index is 2.12. The molecule has 3 rings (SSSR count). The van der Waals surface area contributed by atoms with Crippen molar-refractivity contribution in [2.24, 2.45) is 0 Å². The number of pyridine rings is 1. The average molecular weight is 289 g/mol. The molecule has 1 aromatic heterocycles. The quantitative estimate of drug-likeness (QED) is 0.892. The number of nitrogens with one attached hydrogen (secondary N) is 1. The monoisotopic (exact) mass is 288 g/mol. The molecule has 4 nitrogen and oxygen atoms in total. The average Bonchev–Trinajstić information content (AvgIpc) is 2.46. The molecule has 5 heteroatoms. The van der Waals surface area contributed by atoms with Crippen LogP contribution >= 0.6 is 11.6 Å². The van der Waals surface area contributed by atoms with Gasteiger partial charge >= 0.3 is 5.97 Å². The molecule has 1 aliphatic rings. The Morgan fingerprint density at radius 3 is 3.00 bits per heavy atom. The van der Waals surface area contributed by atoms with Gasteiger partial charge in [0.25, 0.3) is 0 Å². The number of aromatic carboxylic acids is 1. The van der Waals surface area contributed by atoms with Gasteiger partial charge in [0.15, 0.2) is 0 Å². The first-order valence-electron chi connectivity index (χ1n) is 6.37. The van der Waals surface area contributed by atoms with Gasteiger partial charge in [-0.15, -0.1) is 0 Å². The number of benzene rings is 1. The maximum absolute atomic E-state index is 10.9. The van der Waals surface area contributed by atoms with Gasteiger partial charge in [0.1, 0.15) is 0 Å². The number of nitrogens with zero attached hydrogens (tertiary/aromatic N) is 1. The molecule has 0 bridgehead atoms. The molecule has 0 saturated heterocycles. The van der Waals surface area contributed by atoms with Gasteiger partial charge in [-0.3, -0.25) is 4.98 Å². The predicted molar refractivity (Wildman–Crippen MR) is 77.1 cm³/mol. The van der Waals surface area contributed by atoms with Crippen molar-refractivity contribution in [3.63, 3.8) is 0 Å². The van der Waals surface area contributed by atoms with Crippen LogP contribution in [-0.2, 0) is 13.0 Å². The van der Waals surface area contributed by atoms with E-state index < -0.39 is 5.97 Å². The zero-order chi connectivity index (χ0) is 14.1. The molecule has 20 heavy (non-hydrogen) atoms. The van der Waals surface area contributed by atoms with E-state index in [1.807, 2.05) is 12.1 Å². The maximum atomic E-state index is 10.9. The molecule has 2 heterocycles. The minimum Gasteiger partial charge on any atom is -0.478 e. The van der Waals surface area contributed by atoms with Crippen LogP contribution in [0.3, 0.4) is 0 Å². The number of carboxylic acid groups (broad SMARTS) is 1. The van der Waals surface area contributed by atoms with E-state index in [4.69, 9.17) is 16.7 Å². The highest BCUT2D eigenvalue weighted by Crippen LogP contribution is 2.32. The molecule has 0 atom stereocenters. The third-order valence-corrected chi connectivity index (χ3v) is 3.77. The molecule has 0 spiro atoms. The van der Waals surface area contributed by atoms with Gasteiger partial charge in [-0.2, -0.15) is 0 Å². The van der Waals surface area contributed by atoms with Gasteiger partial charge in [0, 0.05) is 18.3 Å². The number of halogens is 1. The molecule has 0 radical (unpaired) electrons. The van der Waals surface area contributed by atoms with Crippen molar-refractivity contribution in [1.29, 1.82) is 0 Å². The van der Waals surface area contributed by atoms with Crippen LogP contribution in [0.15, 0.2) is 30.5 Å². The number of rotatable bonds is 2. The number of carboxylic acids is 1. The lowest BCUT2D eigenvalue weighted by Crippen LogP contribution is -2.24. The largest absolute Gasteiger partial charge is 0.478 e. The molecule has 1 aromatic carbocycles. The highest BCUT2D eigenvalue weighted by atomic mass is 35.5. The van der Waals surface area contributed by atoms with Crippen LogP contribution in [0.1, 0.15) is 21.5 Å². The Hall–Kier alpha value is -1.91. The number of aromatic nitrogens is 1. The van der Waals surface area contributed by atoms with E-state index in [0.29, 0.717) is 10.7 Å². The van der Waals surface area contributed by atoms with Gasteiger partial charge in [-0.05, 0) is 30.2 Å². The Morgan fingerprint density at radius 2 is 2.25 bits per heavy atom. The van der Waals surface area contributed by atoms with E-state index in [-0.39, 0.29) is 5.56 Å². The summed E-state index contributed by atoms with van der Waals surface area (Å²) in [6.45, 7) is 1.77. The summed E-state index contributed by atoms with van der Waals surface area (Å²) in [7, 11) is 0. The number of hydrogen-bond acceptors (Lipinski definition) is 3. The molecular formula is C15H13ClN2O2. The minimum atomic E-state index is -1.02. The van der Waals surface area contributed by atoms with Crippen LogP contribution < -0.4 is 5.32 Å². The first kappa shape index (κ1) is 13.1. The van der Waals surface area contributed by atoms with E-state index in [1.54, 1.807) is 0 Å². The summed E-state index contributed by atoms with van der Waals surface area (Å²) in [5.41, 5.74) is 4.23. The van der Waals surface area contributed by atoms with Gasteiger partial charge < -0.3 is 10.4 Å². The van der Waals surface area contributed by atoms with Crippen molar-refractivity contribution in [2.45, 2.75) is 13.0 Å². The Kier molecular flexibility index (Phi) is 3.42. The second-order valence-electron chi connectivity index (χ2n) is 4.73. The van der Waals surface area contributed by atoms with Crippen molar-refractivity contribution in [1.82, 2.24) is 10.3 Å². The van der Waals surface area contributed by atoms with Crippen molar-refractivity contribution in [3.8, 4) is 11.3 Å². The molecule has 0 amide bonds. The minimum absolute atomic E-state index is 0.102. The van der Waals surface area contributed by atoms with E-state index in [0.717, 1.165) is 25.1 Å². The highest BCUT2D eigenvalue weighted by Gasteiger charge is 2.17.